The minimum Gasteiger partial charge on any atom is -0.390 e. The zero-order valence-corrected chi connectivity index (χ0v) is 14.7. The van der Waals surface area contributed by atoms with E-state index in [0.717, 1.165) is 12.8 Å². The van der Waals surface area contributed by atoms with Crippen LogP contribution in [0.4, 0.5) is 0 Å². The smallest absolute Gasteiger partial charge is 0.332 e. The minimum absolute atomic E-state index is 0.307. The van der Waals surface area contributed by atoms with Crippen LogP contribution in [0.15, 0.2) is 28.6 Å². The van der Waals surface area contributed by atoms with E-state index in [-0.39, 0.29) is 11.2 Å². The molecule has 0 radical (unpaired) electrons. The topological polar surface area (TPSA) is 82.1 Å². The SMILES string of the molecule is C=CCCn1cnc2c1c(=O)n(CCCCC(C)(C)O)c(=O)n2C. The Balaban J connectivity index is 2.34. The van der Waals surface area contributed by atoms with Crippen molar-refractivity contribution < 1.29 is 5.11 Å². The maximum absolute atomic E-state index is 12.8. The van der Waals surface area contributed by atoms with Gasteiger partial charge < -0.3 is 9.67 Å². The quantitative estimate of drug-likeness (QED) is 0.584. The van der Waals surface area contributed by atoms with Crippen LogP contribution < -0.4 is 11.2 Å². The summed E-state index contributed by atoms with van der Waals surface area (Å²) < 4.78 is 4.45. The molecular weight excluding hydrogens is 308 g/mol. The Labute approximate surface area is 140 Å². The van der Waals surface area contributed by atoms with Crippen LogP contribution >= 0.6 is 0 Å². The molecule has 0 bridgehead atoms. The second-order valence-electron chi connectivity index (χ2n) is 6.76. The van der Waals surface area contributed by atoms with E-state index in [9.17, 15) is 14.7 Å². The van der Waals surface area contributed by atoms with Crippen LogP contribution in [0.3, 0.4) is 0 Å². The number of allylic oxidation sites excluding steroid dienone is 1. The first-order valence-corrected chi connectivity index (χ1v) is 8.24. The van der Waals surface area contributed by atoms with Crippen molar-refractivity contribution in [1.82, 2.24) is 18.7 Å². The lowest BCUT2D eigenvalue weighted by Gasteiger charge is -2.16. The van der Waals surface area contributed by atoms with Crippen LogP contribution in [-0.4, -0.2) is 29.4 Å². The van der Waals surface area contributed by atoms with Gasteiger partial charge in [-0.05, 0) is 39.5 Å². The lowest BCUT2D eigenvalue weighted by Crippen LogP contribution is -2.39. The molecule has 0 saturated heterocycles. The van der Waals surface area contributed by atoms with Crippen molar-refractivity contribution in [2.75, 3.05) is 0 Å². The predicted molar refractivity (Wildman–Crippen MR) is 94.2 cm³/mol. The molecule has 0 aromatic carbocycles. The molecule has 132 valence electrons. The number of rotatable bonds is 8. The van der Waals surface area contributed by atoms with E-state index < -0.39 is 5.60 Å². The largest absolute Gasteiger partial charge is 0.390 e. The number of aryl methyl sites for hydroxylation is 2. The predicted octanol–water partition coefficient (Wildman–Crippen LogP) is 1.41. The standard InChI is InChI=1S/C17H26N4O3/c1-5-6-10-20-12-18-14-13(20)15(22)21(16(23)19(14)4)11-8-7-9-17(2,3)24/h5,12,24H,1,6-11H2,2-4H3. The van der Waals surface area contributed by atoms with Crippen LogP contribution in [0.25, 0.3) is 11.2 Å². The summed E-state index contributed by atoms with van der Waals surface area (Å²) in [5.41, 5.74) is -0.547. The molecule has 2 aromatic rings. The summed E-state index contributed by atoms with van der Waals surface area (Å²) in [5, 5.41) is 9.75. The fraction of sp³-hybridized carbons (Fsp3) is 0.588. The van der Waals surface area contributed by atoms with E-state index >= 15 is 0 Å². The summed E-state index contributed by atoms with van der Waals surface area (Å²) in [4.78, 5) is 29.4. The molecule has 0 aliphatic rings. The van der Waals surface area contributed by atoms with E-state index in [0.29, 0.717) is 37.1 Å². The monoisotopic (exact) mass is 334 g/mol. The molecule has 2 aromatic heterocycles. The molecule has 2 rings (SSSR count). The Morgan fingerprint density at radius 2 is 2.00 bits per heavy atom. The highest BCUT2D eigenvalue weighted by atomic mass is 16.3. The van der Waals surface area contributed by atoms with Gasteiger partial charge in [-0.2, -0.15) is 0 Å². The van der Waals surface area contributed by atoms with Crippen LogP contribution in [-0.2, 0) is 20.1 Å². The average molecular weight is 334 g/mol. The van der Waals surface area contributed by atoms with Crippen molar-refractivity contribution in [3.63, 3.8) is 0 Å². The zero-order valence-electron chi connectivity index (χ0n) is 14.7. The van der Waals surface area contributed by atoms with Crippen molar-refractivity contribution in [2.24, 2.45) is 7.05 Å². The van der Waals surface area contributed by atoms with E-state index in [1.165, 1.54) is 9.13 Å². The first-order valence-electron chi connectivity index (χ1n) is 8.24. The second-order valence-corrected chi connectivity index (χ2v) is 6.76. The lowest BCUT2D eigenvalue weighted by molar-refractivity contribution is 0.0678. The van der Waals surface area contributed by atoms with Gasteiger partial charge in [-0.15, -0.1) is 6.58 Å². The molecule has 0 fully saturated rings. The maximum Gasteiger partial charge on any atom is 0.332 e. The molecule has 0 aliphatic heterocycles. The van der Waals surface area contributed by atoms with E-state index in [1.54, 1.807) is 37.9 Å². The number of imidazole rings is 1. The van der Waals surface area contributed by atoms with Gasteiger partial charge in [0.2, 0.25) is 0 Å². The minimum atomic E-state index is -0.733. The van der Waals surface area contributed by atoms with Gasteiger partial charge in [0.1, 0.15) is 0 Å². The number of aliphatic hydroxyl groups is 1. The summed E-state index contributed by atoms with van der Waals surface area (Å²) in [6.45, 7) is 8.13. The van der Waals surface area contributed by atoms with Crippen molar-refractivity contribution >= 4 is 11.2 Å². The summed E-state index contributed by atoms with van der Waals surface area (Å²) in [7, 11) is 1.63. The van der Waals surface area contributed by atoms with Crippen LogP contribution in [0, 0.1) is 0 Å². The molecule has 1 N–H and O–H groups in total. The molecule has 2 heterocycles. The van der Waals surface area contributed by atoms with Crippen LogP contribution in [0.1, 0.15) is 39.5 Å². The van der Waals surface area contributed by atoms with Crippen molar-refractivity contribution in [3.05, 3.63) is 39.8 Å². The number of nitrogens with zero attached hydrogens (tertiary/aromatic N) is 4. The average Bonchev–Trinajstić information content (AvgIpc) is 2.93. The fourth-order valence-corrected chi connectivity index (χ4v) is 2.75. The highest BCUT2D eigenvalue weighted by Crippen LogP contribution is 2.12. The summed E-state index contributed by atoms with van der Waals surface area (Å²) >= 11 is 0. The van der Waals surface area contributed by atoms with Gasteiger partial charge >= 0.3 is 5.69 Å². The van der Waals surface area contributed by atoms with Crippen LogP contribution in [0.2, 0.25) is 0 Å². The van der Waals surface area contributed by atoms with Gasteiger partial charge in [0.15, 0.2) is 11.2 Å². The molecule has 0 unspecified atom stereocenters. The number of hydrogen-bond donors (Lipinski definition) is 1. The van der Waals surface area contributed by atoms with Gasteiger partial charge in [0.25, 0.3) is 5.56 Å². The first kappa shape index (κ1) is 18.2. The third-order valence-corrected chi connectivity index (χ3v) is 4.10. The summed E-state index contributed by atoms with van der Waals surface area (Å²) in [6, 6.07) is 0. The van der Waals surface area contributed by atoms with E-state index in [2.05, 4.69) is 11.6 Å². The first-order chi connectivity index (χ1) is 11.3. The molecule has 0 aliphatic carbocycles. The van der Waals surface area contributed by atoms with E-state index in [4.69, 9.17) is 0 Å². The van der Waals surface area contributed by atoms with Gasteiger partial charge in [0.05, 0.1) is 11.9 Å². The van der Waals surface area contributed by atoms with Crippen molar-refractivity contribution in [3.8, 4) is 0 Å². The van der Waals surface area contributed by atoms with Gasteiger partial charge in [-0.25, -0.2) is 9.78 Å². The number of hydrogen-bond acceptors (Lipinski definition) is 4. The molecule has 0 saturated carbocycles. The van der Waals surface area contributed by atoms with Gasteiger partial charge in [-0.1, -0.05) is 6.08 Å². The Morgan fingerprint density at radius 1 is 1.29 bits per heavy atom. The van der Waals surface area contributed by atoms with Gasteiger partial charge in [0, 0.05) is 20.1 Å². The number of unbranched alkanes of at least 4 members (excludes halogenated alkanes) is 1. The maximum atomic E-state index is 12.8. The number of fused-ring (bicyclic) bond motifs is 1. The second kappa shape index (κ2) is 7.17. The molecular formula is C17H26N4O3. The van der Waals surface area contributed by atoms with Crippen molar-refractivity contribution in [1.29, 1.82) is 0 Å². The van der Waals surface area contributed by atoms with E-state index in [1.807, 2.05) is 0 Å². The third kappa shape index (κ3) is 3.84. The molecule has 0 atom stereocenters. The Bertz CT molecular complexity index is 836. The lowest BCUT2D eigenvalue weighted by atomic mass is 10.0. The van der Waals surface area contributed by atoms with Crippen LogP contribution in [0.5, 0.6) is 0 Å². The molecule has 7 nitrogen and oxygen atoms in total. The Hall–Kier alpha value is -2.15. The molecule has 7 heteroatoms. The highest BCUT2D eigenvalue weighted by molar-refractivity contribution is 5.69. The van der Waals surface area contributed by atoms with Crippen molar-refractivity contribution in [2.45, 2.75) is 58.2 Å². The Morgan fingerprint density at radius 3 is 2.62 bits per heavy atom. The molecule has 0 spiro atoms. The Kier molecular flexibility index (Phi) is 5.43. The number of aromatic nitrogens is 4. The highest BCUT2D eigenvalue weighted by Gasteiger charge is 2.16. The molecule has 24 heavy (non-hydrogen) atoms. The molecule has 0 amide bonds. The summed E-state index contributed by atoms with van der Waals surface area (Å²) in [5.74, 6) is 0. The normalized spacial score (nSPS) is 12.0. The fourth-order valence-electron chi connectivity index (χ4n) is 2.75. The third-order valence-electron chi connectivity index (χ3n) is 4.10. The van der Waals surface area contributed by atoms with Gasteiger partial charge in [-0.3, -0.25) is 13.9 Å². The zero-order chi connectivity index (χ0) is 17.9. The summed E-state index contributed by atoms with van der Waals surface area (Å²) in [6.07, 6.45) is 6.12.